The summed E-state index contributed by atoms with van der Waals surface area (Å²) in [6, 6.07) is 7.59. The van der Waals surface area contributed by atoms with E-state index in [0.29, 0.717) is 13.0 Å². The van der Waals surface area contributed by atoms with Crippen molar-refractivity contribution >= 4 is 12.0 Å². The Hall–Kier alpha value is -2.04. The van der Waals surface area contributed by atoms with Gasteiger partial charge in [-0.15, -0.1) is 0 Å². The first-order valence-corrected chi connectivity index (χ1v) is 9.40. The van der Waals surface area contributed by atoms with E-state index < -0.39 is 17.7 Å². The maximum atomic E-state index is 13.3. The molecular weight excluding hydrogens is 328 g/mol. The van der Waals surface area contributed by atoms with E-state index in [1.807, 2.05) is 77.6 Å². The lowest BCUT2D eigenvalue weighted by Gasteiger charge is -2.41. The minimum absolute atomic E-state index is 0.0182. The van der Waals surface area contributed by atoms with E-state index in [2.05, 4.69) is 0 Å². The summed E-state index contributed by atoms with van der Waals surface area (Å²) in [6.07, 6.45) is 0.0855. The zero-order valence-corrected chi connectivity index (χ0v) is 17.1. The number of ether oxygens (including phenoxy) is 1. The number of benzene rings is 1. The summed E-state index contributed by atoms with van der Waals surface area (Å²) < 4.78 is 5.59. The third-order valence-electron chi connectivity index (χ3n) is 4.53. The first-order chi connectivity index (χ1) is 12.0. The monoisotopic (exact) mass is 360 g/mol. The van der Waals surface area contributed by atoms with Crippen molar-refractivity contribution in [3.05, 3.63) is 35.4 Å². The van der Waals surface area contributed by atoms with Gasteiger partial charge in [0.1, 0.15) is 11.6 Å². The van der Waals surface area contributed by atoms with Gasteiger partial charge in [0.2, 0.25) is 5.91 Å². The number of carbonyl (C=O) groups is 2. The maximum absolute atomic E-state index is 13.3. The number of hydrogen-bond donors (Lipinski definition) is 0. The molecule has 0 saturated carbocycles. The molecule has 1 aromatic rings. The molecule has 2 rings (SSSR count). The molecule has 1 heterocycles. The second-order valence-corrected chi connectivity index (χ2v) is 8.53. The Bertz CT molecular complexity index is 653. The SMILES string of the molecule is CC(C)N(C(=O)[C@@H]1Cc2ccccc2CN1C(=O)OC(C)(C)C)C(C)C. The molecule has 1 atom stereocenters. The van der Waals surface area contributed by atoms with Gasteiger partial charge in [0, 0.05) is 18.5 Å². The van der Waals surface area contributed by atoms with Crippen molar-refractivity contribution in [2.75, 3.05) is 0 Å². The standard InChI is InChI=1S/C21H32N2O3/c1-14(2)23(15(3)4)19(24)18-12-16-10-8-9-11-17(16)13-22(18)20(25)26-21(5,6)7/h8-11,14-15,18H,12-13H2,1-7H3/t18-/m0/s1. The molecule has 144 valence electrons. The van der Waals surface area contributed by atoms with Gasteiger partial charge in [0.25, 0.3) is 0 Å². The lowest BCUT2D eigenvalue weighted by Crippen LogP contribution is -2.57. The van der Waals surface area contributed by atoms with Crippen LogP contribution in [0.15, 0.2) is 24.3 Å². The molecule has 1 aliphatic heterocycles. The fourth-order valence-electron chi connectivity index (χ4n) is 3.53. The average Bonchev–Trinajstić information content (AvgIpc) is 2.51. The quantitative estimate of drug-likeness (QED) is 0.819. The normalized spacial score (nSPS) is 17.3. The topological polar surface area (TPSA) is 49.9 Å². The van der Waals surface area contributed by atoms with Crippen LogP contribution >= 0.6 is 0 Å². The van der Waals surface area contributed by atoms with E-state index in [-0.39, 0.29) is 18.0 Å². The summed E-state index contributed by atoms with van der Waals surface area (Å²) in [5.41, 5.74) is 1.60. The first kappa shape index (κ1) is 20.3. The Morgan fingerprint density at radius 2 is 1.62 bits per heavy atom. The summed E-state index contributed by atoms with van der Waals surface area (Å²) in [6.45, 7) is 13.9. The minimum atomic E-state index is -0.600. The molecule has 0 aliphatic carbocycles. The highest BCUT2D eigenvalue weighted by Gasteiger charge is 2.39. The number of nitrogens with zero attached hydrogens (tertiary/aromatic N) is 2. The van der Waals surface area contributed by atoms with Crippen LogP contribution in [-0.4, -0.2) is 45.5 Å². The highest BCUT2D eigenvalue weighted by Crippen LogP contribution is 2.27. The van der Waals surface area contributed by atoms with Crippen molar-refractivity contribution < 1.29 is 14.3 Å². The molecule has 2 amide bonds. The van der Waals surface area contributed by atoms with Crippen molar-refractivity contribution in [1.29, 1.82) is 0 Å². The Labute approximate surface area is 157 Å². The average molecular weight is 360 g/mol. The zero-order chi connectivity index (χ0) is 19.6. The number of amides is 2. The summed E-state index contributed by atoms with van der Waals surface area (Å²) >= 11 is 0. The summed E-state index contributed by atoms with van der Waals surface area (Å²) in [4.78, 5) is 29.6. The molecule has 0 saturated heterocycles. The summed E-state index contributed by atoms with van der Waals surface area (Å²) in [7, 11) is 0. The van der Waals surface area contributed by atoms with E-state index in [9.17, 15) is 9.59 Å². The van der Waals surface area contributed by atoms with Crippen LogP contribution in [0.5, 0.6) is 0 Å². The van der Waals surface area contributed by atoms with Crippen LogP contribution in [0.1, 0.15) is 59.6 Å². The Morgan fingerprint density at radius 3 is 2.12 bits per heavy atom. The van der Waals surface area contributed by atoms with Gasteiger partial charge in [-0.25, -0.2) is 4.79 Å². The molecule has 0 spiro atoms. The summed E-state index contributed by atoms with van der Waals surface area (Å²) in [5, 5.41) is 0. The van der Waals surface area contributed by atoms with Crippen LogP contribution < -0.4 is 0 Å². The second kappa shape index (κ2) is 7.68. The van der Waals surface area contributed by atoms with E-state index in [0.717, 1.165) is 11.1 Å². The Kier molecular flexibility index (Phi) is 5.99. The highest BCUT2D eigenvalue weighted by molar-refractivity contribution is 5.87. The van der Waals surface area contributed by atoms with E-state index in [4.69, 9.17) is 4.74 Å². The Morgan fingerprint density at radius 1 is 1.08 bits per heavy atom. The number of hydrogen-bond acceptors (Lipinski definition) is 3. The lowest BCUT2D eigenvalue weighted by atomic mass is 9.93. The van der Waals surface area contributed by atoms with Crippen LogP contribution in [0.2, 0.25) is 0 Å². The number of fused-ring (bicyclic) bond motifs is 1. The molecule has 0 N–H and O–H groups in total. The zero-order valence-electron chi connectivity index (χ0n) is 17.1. The molecule has 1 aromatic carbocycles. The fourth-order valence-corrected chi connectivity index (χ4v) is 3.53. The number of carbonyl (C=O) groups excluding carboxylic acids is 2. The lowest BCUT2D eigenvalue weighted by molar-refractivity contribution is -0.141. The van der Waals surface area contributed by atoms with Gasteiger partial charge in [-0.1, -0.05) is 24.3 Å². The van der Waals surface area contributed by atoms with Crippen molar-refractivity contribution in [1.82, 2.24) is 9.80 Å². The van der Waals surface area contributed by atoms with Crippen molar-refractivity contribution in [3.63, 3.8) is 0 Å². The molecule has 5 nitrogen and oxygen atoms in total. The molecular formula is C21H32N2O3. The van der Waals surface area contributed by atoms with Gasteiger partial charge >= 0.3 is 6.09 Å². The van der Waals surface area contributed by atoms with Crippen molar-refractivity contribution in [2.45, 2.75) is 85.2 Å². The second-order valence-electron chi connectivity index (χ2n) is 8.53. The van der Waals surface area contributed by atoms with E-state index in [1.54, 1.807) is 4.90 Å². The van der Waals surface area contributed by atoms with E-state index in [1.165, 1.54) is 0 Å². The third-order valence-corrected chi connectivity index (χ3v) is 4.53. The van der Waals surface area contributed by atoms with Gasteiger partial charge in [0.15, 0.2) is 0 Å². The molecule has 26 heavy (non-hydrogen) atoms. The van der Waals surface area contributed by atoms with Gasteiger partial charge in [-0.3, -0.25) is 9.69 Å². The molecule has 0 bridgehead atoms. The Balaban J connectivity index is 2.38. The van der Waals surface area contributed by atoms with Crippen LogP contribution in [0.25, 0.3) is 0 Å². The molecule has 0 fully saturated rings. The van der Waals surface area contributed by atoms with Crippen LogP contribution in [0, 0.1) is 0 Å². The van der Waals surface area contributed by atoms with Crippen molar-refractivity contribution in [3.8, 4) is 0 Å². The van der Waals surface area contributed by atoms with Crippen LogP contribution in [0.4, 0.5) is 4.79 Å². The predicted octanol–water partition coefficient (Wildman–Crippen LogP) is 3.99. The maximum Gasteiger partial charge on any atom is 0.411 e. The summed E-state index contributed by atoms with van der Waals surface area (Å²) in [5.74, 6) is -0.0182. The number of rotatable bonds is 3. The molecule has 5 heteroatoms. The molecule has 0 unspecified atom stereocenters. The fraction of sp³-hybridized carbons (Fsp3) is 0.619. The van der Waals surface area contributed by atoms with Crippen molar-refractivity contribution in [2.24, 2.45) is 0 Å². The molecule has 0 aromatic heterocycles. The molecule has 0 radical (unpaired) electrons. The highest BCUT2D eigenvalue weighted by atomic mass is 16.6. The largest absolute Gasteiger partial charge is 0.444 e. The van der Waals surface area contributed by atoms with Gasteiger partial charge in [-0.2, -0.15) is 0 Å². The smallest absolute Gasteiger partial charge is 0.411 e. The predicted molar refractivity (Wildman–Crippen MR) is 103 cm³/mol. The van der Waals surface area contributed by atoms with Gasteiger partial charge in [0.05, 0.1) is 6.54 Å². The van der Waals surface area contributed by atoms with Crippen LogP contribution in [-0.2, 0) is 22.5 Å². The van der Waals surface area contributed by atoms with E-state index >= 15 is 0 Å². The first-order valence-electron chi connectivity index (χ1n) is 9.40. The van der Waals surface area contributed by atoms with Gasteiger partial charge in [-0.05, 0) is 59.6 Å². The minimum Gasteiger partial charge on any atom is -0.444 e. The third kappa shape index (κ3) is 4.57. The van der Waals surface area contributed by atoms with Gasteiger partial charge < -0.3 is 9.64 Å². The molecule has 1 aliphatic rings. The van der Waals surface area contributed by atoms with Crippen LogP contribution in [0.3, 0.4) is 0 Å².